The summed E-state index contributed by atoms with van der Waals surface area (Å²) in [5, 5.41) is 3.76. The lowest BCUT2D eigenvalue weighted by Gasteiger charge is -2.31. The molecule has 0 bridgehead atoms. The van der Waals surface area contributed by atoms with Crippen LogP contribution in [0.2, 0.25) is 0 Å². The van der Waals surface area contributed by atoms with Gasteiger partial charge in [-0.1, -0.05) is 40.0 Å². The van der Waals surface area contributed by atoms with E-state index in [9.17, 15) is 0 Å². The van der Waals surface area contributed by atoms with Crippen LogP contribution in [0, 0.1) is 11.8 Å². The monoisotopic (exact) mass is 269 g/mol. The number of hydrogen-bond acceptors (Lipinski definition) is 2. The fraction of sp³-hybridized carbons (Fsp3) is 1.00. The molecule has 2 heteroatoms. The molecule has 1 unspecified atom stereocenters. The largest absolute Gasteiger partial charge is 0.381 e. The SMILES string of the molecule is CCCNC(CCOCCC(C)C)C1CCCCC1. The second kappa shape index (κ2) is 10.7. The Bertz CT molecular complexity index is 199. The molecule has 1 fully saturated rings. The van der Waals surface area contributed by atoms with Crippen LogP contribution in [0.4, 0.5) is 0 Å². The summed E-state index contributed by atoms with van der Waals surface area (Å²) in [5.74, 6) is 1.65. The van der Waals surface area contributed by atoms with E-state index in [-0.39, 0.29) is 0 Å². The molecule has 0 amide bonds. The Hall–Kier alpha value is -0.0800. The highest BCUT2D eigenvalue weighted by atomic mass is 16.5. The van der Waals surface area contributed by atoms with Crippen LogP contribution in [0.3, 0.4) is 0 Å². The Morgan fingerprint density at radius 1 is 1.05 bits per heavy atom. The van der Waals surface area contributed by atoms with E-state index in [0.29, 0.717) is 6.04 Å². The average Bonchev–Trinajstić information content (AvgIpc) is 2.42. The molecule has 1 aliphatic carbocycles. The van der Waals surface area contributed by atoms with Crippen molar-refractivity contribution in [2.45, 2.75) is 78.2 Å². The molecule has 0 aliphatic heterocycles. The van der Waals surface area contributed by atoms with Gasteiger partial charge in [-0.3, -0.25) is 0 Å². The third-order valence-corrected chi connectivity index (χ3v) is 4.29. The fourth-order valence-corrected chi connectivity index (χ4v) is 3.00. The Kier molecular flexibility index (Phi) is 9.54. The minimum atomic E-state index is 0.694. The van der Waals surface area contributed by atoms with Crippen LogP contribution in [-0.2, 0) is 4.74 Å². The maximum Gasteiger partial charge on any atom is 0.0480 e. The molecule has 0 spiro atoms. The first-order valence-corrected chi connectivity index (χ1v) is 8.55. The average molecular weight is 269 g/mol. The van der Waals surface area contributed by atoms with Gasteiger partial charge in [-0.2, -0.15) is 0 Å². The molecule has 0 aromatic heterocycles. The lowest BCUT2D eigenvalue weighted by molar-refractivity contribution is 0.104. The summed E-state index contributed by atoms with van der Waals surface area (Å²) >= 11 is 0. The highest BCUT2D eigenvalue weighted by Gasteiger charge is 2.22. The zero-order valence-electron chi connectivity index (χ0n) is 13.4. The van der Waals surface area contributed by atoms with Crippen molar-refractivity contribution in [3.05, 3.63) is 0 Å². The Morgan fingerprint density at radius 2 is 1.74 bits per heavy atom. The first-order valence-electron chi connectivity index (χ1n) is 8.55. The van der Waals surface area contributed by atoms with Gasteiger partial charge in [-0.25, -0.2) is 0 Å². The summed E-state index contributed by atoms with van der Waals surface area (Å²) < 4.78 is 5.81. The molecule has 19 heavy (non-hydrogen) atoms. The van der Waals surface area contributed by atoms with Crippen molar-refractivity contribution in [3.8, 4) is 0 Å². The molecular weight excluding hydrogens is 234 g/mol. The Balaban J connectivity index is 2.20. The standard InChI is InChI=1S/C17H35NO/c1-4-12-18-17(16-8-6-5-7-9-16)11-14-19-13-10-15(2)3/h15-18H,4-14H2,1-3H3. The van der Waals surface area contributed by atoms with Gasteiger partial charge in [0.05, 0.1) is 0 Å². The van der Waals surface area contributed by atoms with E-state index in [1.807, 2.05) is 0 Å². The van der Waals surface area contributed by atoms with Crippen molar-refractivity contribution in [2.75, 3.05) is 19.8 Å². The molecule has 0 aromatic carbocycles. The minimum Gasteiger partial charge on any atom is -0.381 e. The maximum atomic E-state index is 5.81. The van der Waals surface area contributed by atoms with E-state index in [4.69, 9.17) is 4.74 Å². The summed E-state index contributed by atoms with van der Waals surface area (Å²) in [6.07, 6.45) is 10.8. The van der Waals surface area contributed by atoms with E-state index < -0.39 is 0 Å². The van der Waals surface area contributed by atoms with Crippen LogP contribution in [0.5, 0.6) is 0 Å². The molecule has 0 heterocycles. The van der Waals surface area contributed by atoms with Gasteiger partial charge in [0.2, 0.25) is 0 Å². The Morgan fingerprint density at radius 3 is 2.37 bits per heavy atom. The summed E-state index contributed by atoms with van der Waals surface area (Å²) in [4.78, 5) is 0. The van der Waals surface area contributed by atoms with Gasteiger partial charge in [-0.15, -0.1) is 0 Å². The predicted molar refractivity (Wildman–Crippen MR) is 83.5 cm³/mol. The molecule has 0 aromatic rings. The van der Waals surface area contributed by atoms with Gasteiger partial charge in [-0.05, 0) is 50.5 Å². The van der Waals surface area contributed by atoms with Gasteiger partial charge in [0, 0.05) is 19.3 Å². The molecule has 1 atom stereocenters. The third kappa shape index (κ3) is 7.94. The van der Waals surface area contributed by atoms with Crippen LogP contribution in [0.15, 0.2) is 0 Å². The highest BCUT2D eigenvalue weighted by molar-refractivity contribution is 4.79. The first kappa shape index (κ1) is 17.0. The molecule has 1 rings (SSSR count). The number of rotatable bonds is 10. The van der Waals surface area contributed by atoms with E-state index in [1.54, 1.807) is 0 Å². The highest BCUT2D eigenvalue weighted by Crippen LogP contribution is 2.27. The molecular formula is C17H35NO. The second-order valence-electron chi connectivity index (χ2n) is 6.54. The number of hydrogen-bond donors (Lipinski definition) is 1. The molecule has 0 saturated heterocycles. The van der Waals surface area contributed by atoms with Crippen molar-refractivity contribution in [1.29, 1.82) is 0 Å². The topological polar surface area (TPSA) is 21.3 Å². The first-order chi connectivity index (χ1) is 9.24. The molecule has 0 radical (unpaired) electrons. The smallest absolute Gasteiger partial charge is 0.0480 e. The summed E-state index contributed by atoms with van der Waals surface area (Å²) in [6, 6.07) is 0.694. The van der Waals surface area contributed by atoms with Gasteiger partial charge in [0.15, 0.2) is 0 Å². The van der Waals surface area contributed by atoms with E-state index in [0.717, 1.165) is 31.6 Å². The van der Waals surface area contributed by atoms with Crippen LogP contribution in [0.25, 0.3) is 0 Å². The van der Waals surface area contributed by atoms with Gasteiger partial charge < -0.3 is 10.1 Å². The van der Waals surface area contributed by atoms with Crippen molar-refractivity contribution >= 4 is 0 Å². The van der Waals surface area contributed by atoms with Crippen LogP contribution < -0.4 is 5.32 Å². The van der Waals surface area contributed by atoms with Crippen LogP contribution >= 0.6 is 0 Å². The van der Waals surface area contributed by atoms with Crippen molar-refractivity contribution < 1.29 is 4.74 Å². The molecule has 1 N–H and O–H groups in total. The molecule has 1 saturated carbocycles. The van der Waals surface area contributed by atoms with Crippen molar-refractivity contribution in [3.63, 3.8) is 0 Å². The normalized spacial score (nSPS) is 18.9. The number of nitrogens with one attached hydrogen (secondary N) is 1. The van der Waals surface area contributed by atoms with Crippen molar-refractivity contribution in [2.24, 2.45) is 11.8 Å². The van der Waals surface area contributed by atoms with Gasteiger partial charge >= 0.3 is 0 Å². The van der Waals surface area contributed by atoms with Gasteiger partial charge in [0.1, 0.15) is 0 Å². The summed E-state index contributed by atoms with van der Waals surface area (Å²) in [5.41, 5.74) is 0. The van der Waals surface area contributed by atoms with E-state index in [2.05, 4.69) is 26.1 Å². The van der Waals surface area contributed by atoms with Crippen molar-refractivity contribution in [1.82, 2.24) is 5.32 Å². The Labute approximate surface area is 120 Å². The fourth-order valence-electron chi connectivity index (χ4n) is 3.00. The van der Waals surface area contributed by atoms with E-state index >= 15 is 0 Å². The summed E-state index contributed by atoms with van der Waals surface area (Å²) in [6.45, 7) is 9.80. The lowest BCUT2D eigenvalue weighted by atomic mass is 9.82. The summed E-state index contributed by atoms with van der Waals surface area (Å²) in [7, 11) is 0. The zero-order valence-corrected chi connectivity index (χ0v) is 13.4. The van der Waals surface area contributed by atoms with Crippen LogP contribution in [0.1, 0.15) is 72.1 Å². The quantitative estimate of drug-likeness (QED) is 0.594. The lowest BCUT2D eigenvalue weighted by Crippen LogP contribution is -2.38. The molecule has 114 valence electrons. The predicted octanol–water partition coefficient (Wildman–Crippen LogP) is 4.39. The van der Waals surface area contributed by atoms with E-state index in [1.165, 1.54) is 51.4 Å². The third-order valence-electron chi connectivity index (χ3n) is 4.29. The number of ether oxygens (including phenoxy) is 1. The van der Waals surface area contributed by atoms with Crippen LogP contribution in [-0.4, -0.2) is 25.8 Å². The second-order valence-corrected chi connectivity index (χ2v) is 6.54. The minimum absolute atomic E-state index is 0.694. The molecule has 1 aliphatic rings. The molecule has 2 nitrogen and oxygen atoms in total. The zero-order chi connectivity index (χ0) is 13.9. The maximum absolute atomic E-state index is 5.81. The van der Waals surface area contributed by atoms with Gasteiger partial charge in [0.25, 0.3) is 0 Å².